The van der Waals surface area contributed by atoms with E-state index in [-0.39, 0.29) is 17.7 Å². The fraction of sp³-hybridized carbons (Fsp3) is 0.579. The van der Waals surface area contributed by atoms with Crippen molar-refractivity contribution in [3.63, 3.8) is 0 Å². The summed E-state index contributed by atoms with van der Waals surface area (Å²) < 4.78 is 20.0. The monoisotopic (exact) mass is 380 g/mol. The lowest BCUT2D eigenvalue weighted by Crippen LogP contribution is -2.29. The molecule has 0 N–H and O–H groups in total. The molecule has 2 heterocycles. The van der Waals surface area contributed by atoms with E-state index >= 15 is 0 Å². The Morgan fingerprint density at radius 1 is 1.31 bits per heavy atom. The molecule has 1 aromatic rings. The van der Waals surface area contributed by atoms with Crippen LogP contribution in [0.2, 0.25) is 0 Å². The average molecular weight is 380 g/mol. The van der Waals surface area contributed by atoms with Crippen molar-refractivity contribution in [1.29, 1.82) is 0 Å². The molecule has 0 saturated carbocycles. The van der Waals surface area contributed by atoms with Crippen molar-refractivity contribution < 1.29 is 18.7 Å². The number of Topliss-reactive ketones (excluding diaryl/α,β-unsaturated/α-hetero) is 1. The van der Waals surface area contributed by atoms with Crippen LogP contribution < -0.4 is 9.80 Å². The quantitative estimate of drug-likeness (QED) is 0.776. The van der Waals surface area contributed by atoms with Crippen LogP contribution >= 0.6 is 11.8 Å². The van der Waals surface area contributed by atoms with E-state index < -0.39 is 6.09 Å². The number of carbonyl (C=O) groups excluding carboxylic acids is 2. The van der Waals surface area contributed by atoms with Gasteiger partial charge in [-0.1, -0.05) is 0 Å². The lowest BCUT2D eigenvalue weighted by atomic mass is 10.1. The molecule has 142 valence electrons. The van der Waals surface area contributed by atoms with Gasteiger partial charge in [0.25, 0.3) is 0 Å². The van der Waals surface area contributed by atoms with E-state index in [1.807, 2.05) is 11.8 Å². The molecule has 26 heavy (non-hydrogen) atoms. The van der Waals surface area contributed by atoms with Gasteiger partial charge in [-0.3, -0.25) is 4.90 Å². The number of nitrogens with zero attached hydrogens (tertiary/aromatic N) is 2. The average Bonchev–Trinajstić information content (AvgIpc) is 2.94. The maximum Gasteiger partial charge on any atom is 0.414 e. The van der Waals surface area contributed by atoms with E-state index in [0.717, 1.165) is 37.4 Å². The Morgan fingerprint density at radius 2 is 2.04 bits per heavy atom. The Kier molecular flexibility index (Phi) is 6.40. The maximum atomic E-state index is 14.7. The molecule has 2 aliphatic rings. The third-order valence-electron chi connectivity index (χ3n) is 4.71. The second-order valence-electron chi connectivity index (χ2n) is 6.80. The molecular formula is C19H25FN2O3S. The highest BCUT2D eigenvalue weighted by Crippen LogP contribution is 2.29. The van der Waals surface area contributed by atoms with Gasteiger partial charge < -0.3 is 14.4 Å². The molecule has 0 bridgehead atoms. The molecule has 1 amide bonds. The molecule has 0 unspecified atom stereocenters. The van der Waals surface area contributed by atoms with E-state index in [1.54, 1.807) is 12.1 Å². The highest BCUT2D eigenvalue weighted by molar-refractivity contribution is 7.99. The number of rotatable bonds is 5. The largest absolute Gasteiger partial charge is 0.444 e. The van der Waals surface area contributed by atoms with Crippen molar-refractivity contribution in [2.24, 2.45) is 0 Å². The maximum absolute atomic E-state index is 14.7. The van der Waals surface area contributed by atoms with E-state index in [2.05, 4.69) is 4.90 Å². The molecule has 5 nitrogen and oxygen atoms in total. The summed E-state index contributed by atoms with van der Waals surface area (Å²) in [5.74, 6) is 1.98. The summed E-state index contributed by atoms with van der Waals surface area (Å²) in [5, 5.41) is 0. The molecule has 2 aliphatic heterocycles. The second kappa shape index (κ2) is 8.75. The first kappa shape index (κ1) is 19.0. The van der Waals surface area contributed by atoms with Crippen LogP contribution in [0.1, 0.15) is 32.6 Å². The van der Waals surface area contributed by atoms with Crippen LogP contribution in [-0.4, -0.2) is 49.1 Å². The van der Waals surface area contributed by atoms with Crippen molar-refractivity contribution in [2.45, 2.75) is 38.7 Å². The minimum Gasteiger partial charge on any atom is -0.444 e. The molecule has 2 saturated heterocycles. The highest BCUT2D eigenvalue weighted by atomic mass is 32.2. The fourth-order valence-corrected chi connectivity index (χ4v) is 4.21. The molecule has 0 aliphatic carbocycles. The Hall–Kier alpha value is -1.76. The number of carbonyl (C=O) groups is 2. The summed E-state index contributed by atoms with van der Waals surface area (Å²) in [7, 11) is 0. The molecular weight excluding hydrogens is 355 g/mol. The first-order valence-corrected chi connectivity index (χ1v) is 10.3. The Balaban J connectivity index is 1.68. The SMILES string of the molecule is CC(=O)CC[C@H]1CN(c2ccc(N3CCCSCCC3)c(F)c2)C(=O)O1. The first-order valence-electron chi connectivity index (χ1n) is 9.14. The van der Waals surface area contributed by atoms with Crippen LogP contribution in [0.3, 0.4) is 0 Å². The number of halogens is 1. The molecule has 0 radical (unpaired) electrons. The van der Waals surface area contributed by atoms with Gasteiger partial charge in [-0.25, -0.2) is 9.18 Å². The number of cyclic esters (lactones) is 1. The van der Waals surface area contributed by atoms with Gasteiger partial charge in [0.2, 0.25) is 0 Å². The Labute approximate surface area is 157 Å². The summed E-state index contributed by atoms with van der Waals surface area (Å²) in [5.41, 5.74) is 1.10. The van der Waals surface area contributed by atoms with E-state index in [9.17, 15) is 14.0 Å². The summed E-state index contributed by atoms with van der Waals surface area (Å²) in [6.45, 7) is 3.57. The third kappa shape index (κ3) is 4.69. The van der Waals surface area contributed by atoms with Gasteiger partial charge in [-0.05, 0) is 55.9 Å². The van der Waals surface area contributed by atoms with Crippen molar-refractivity contribution in [2.75, 3.05) is 40.9 Å². The summed E-state index contributed by atoms with van der Waals surface area (Å²) in [6.07, 6.45) is 2.18. The number of ether oxygens (including phenoxy) is 1. The third-order valence-corrected chi connectivity index (χ3v) is 5.86. The van der Waals surface area contributed by atoms with Crippen LogP contribution in [0, 0.1) is 5.82 Å². The number of benzene rings is 1. The van der Waals surface area contributed by atoms with Crippen LogP contribution in [0.25, 0.3) is 0 Å². The number of hydrogen-bond acceptors (Lipinski definition) is 5. The smallest absolute Gasteiger partial charge is 0.414 e. The number of ketones is 1. The van der Waals surface area contributed by atoms with Gasteiger partial charge in [0, 0.05) is 19.5 Å². The van der Waals surface area contributed by atoms with E-state index in [1.165, 1.54) is 17.9 Å². The molecule has 7 heteroatoms. The van der Waals surface area contributed by atoms with E-state index in [0.29, 0.717) is 30.8 Å². The number of amides is 1. The predicted molar refractivity (Wildman–Crippen MR) is 103 cm³/mol. The Bertz CT molecular complexity index is 662. The first-order chi connectivity index (χ1) is 12.5. The Morgan fingerprint density at radius 3 is 2.69 bits per heavy atom. The number of anilines is 2. The molecule has 1 atom stereocenters. The zero-order valence-electron chi connectivity index (χ0n) is 15.1. The fourth-order valence-electron chi connectivity index (χ4n) is 3.34. The highest BCUT2D eigenvalue weighted by Gasteiger charge is 2.32. The zero-order chi connectivity index (χ0) is 18.5. The predicted octanol–water partition coefficient (Wildman–Crippen LogP) is 3.85. The molecule has 0 spiro atoms. The summed E-state index contributed by atoms with van der Waals surface area (Å²) in [6, 6.07) is 4.95. The summed E-state index contributed by atoms with van der Waals surface area (Å²) in [4.78, 5) is 26.7. The van der Waals surface area contributed by atoms with E-state index in [4.69, 9.17) is 4.74 Å². The zero-order valence-corrected chi connectivity index (χ0v) is 15.9. The van der Waals surface area contributed by atoms with Gasteiger partial charge in [0.15, 0.2) is 0 Å². The number of hydrogen-bond donors (Lipinski definition) is 0. The van der Waals surface area contributed by atoms with Gasteiger partial charge >= 0.3 is 6.09 Å². The normalized spacial score (nSPS) is 21.3. The minimum atomic E-state index is -0.478. The summed E-state index contributed by atoms with van der Waals surface area (Å²) >= 11 is 1.96. The van der Waals surface area contributed by atoms with Crippen LogP contribution in [0.15, 0.2) is 18.2 Å². The minimum absolute atomic E-state index is 0.0709. The van der Waals surface area contributed by atoms with Crippen LogP contribution in [0.4, 0.5) is 20.6 Å². The van der Waals surface area contributed by atoms with Crippen molar-refractivity contribution in [3.05, 3.63) is 24.0 Å². The topological polar surface area (TPSA) is 49.9 Å². The van der Waals surface area contributed by atoms with Crippen molar-refractivity contribution >= 4 is 35.0 Å². The molecule has 0 aromatic heterocycles. The van der Waals surface area contributed by atoms with Crippen LogP contribution in [-0.2, 0) is 9.53 Å². The standard InChI is InChI=1S/C19H25FN2O3S/c1-14(23)4-6-16-13-22(19(24)25-16)15-5-7-18(17(20)12-15)21-8-2-10-26-11-3-9-21/h5,7,12,16H,2-4,6,8-11,13H2,1H3/t16-/m0/s1. The lowest BCUT2D eigenvalue weighted by Gasteiger charge is -2.27. The van der Waals surface area contributed by atoms with Gasteiger partial charge in [0.05, 0.1) is 17.9 Å². The molecule has 2 fully saturated rings. The van der Waals surface area contributed by atoms with Gasteiger partial charge in [-0.15, -0.1) is 0 Å². The van der Waals surface area contributed by atoms with Crippen molar-refractivity contribution in [3.8, 4) is 0 Å². The molecule has 3 rings (SSSR count). The van der Waals surface area contributed by atoms with Gasteiger partial charge in [-0.2, -0.15) is 11.8 Å². The van der Waals surface area contributed by atoms with Gasteiger partial charge in [0.1, 0.15) is 17.7 Å². The number of thioether (sulfide) groups is 1. The van der Waals surface area contributed by atoms with Crippen molar-refractivity contribution in [1.82, 2.24) is 0 Å². The molecule has 1 aromatic carbocycles. The second-order valence-corrected chi connectivity index (χ2v) is 8.02. The lowest BCUT2D eigenvalue weighted by molar-refractivity contribution is -0.117. The van der Waals surface area contributed by atoms with Crippen LogP contribution in [0.5, 0.6) is 0 Å².